The van der Waals surface area contributed by atoms with Crippen molar-refractivity contribution >= 4 is 23.4 Å². The van der Waals surface area contributed by atoms with Crippen LogP contribution in [-0.2, 0) is 22.6 Å². The van der Waals surface area contributed by atoms with Crippen molar-refractivity contribution in [3.63, 3.8) is 0 Å². The van der Waals surface area contributed by atoms with E-state index < -0.39 is 6.04 Å². The summed E-state index contributed by atoms with van der Waals surface area (Å²) in [5.41, 5.74) is 1.83. The largest absolute Gasteiger partial charge is 0.497 e. The third kappa shape index (κ3) is 8.02. The number of methoxy groups -OCH3 is 1. The molecule has 0 aliphatic rings. The highest BCUT2D eigenvalue weighted by atomic mass is 35.5. The van der Waals surface area contributed by atoms with E-state index in [1.165, 1.54) is 0 Å². The lowest BCUT2D eigenvalue weighted by Crippen LogP contribution is -2.53. The summed E-state index contributed by atoms with van der Waals surface area (Å²) in [6.45, 7) is 4.00. The number of carbonyl (C=O) groups excluding carboxylic acids is 2. The van der Waals surface area contributed by atoms with Crippen molar-refractivity contribution in [1.29, 1.82) is 0 Å². The first-order chi connectivity index (χ1) is 17.4. The second kappa shape index (κ2) is 13.5. The molecule has 0 bridgehead atoms. The molecule has 0 radical (unpaired) electrons. The molecule has 36 heavy (non-hydrogen) atoms. The van der Waals surface area contributed by atoms with Gasteiger partial charge in [-0.2, -0.15) is 0 Å². The maximum Gasteiger partial charge on any atom is 0.261 e. The second-order valence-electron chi connectivity index (χ2n) is 8.64. The van der Waals surface area contributed by atoms with Crippen molar-refractivity contribution in [1.82, 2.24) is 10.2 Å². The van der Waals surface area contributed by atoms with Gasteiger partial charge in [0.15, 0.2) is 6.61 Å². The molecule has 3 rings (SSSR count). The Bertz CT molecular complexity index is 1100. The minimum absolute atomic E-state index is 0.0150. The van der Waals surface area contributed by atoms with E-state index >= 15 is 0 Å². The van der Waals surface area contributed by atoms with Gasteiger partial charge in [0.25, 0.3) is 5.91 Å². The molecule has 190 valence electrons. The van der Waals surface area contributed by atoms with Crippen molar-refractivity contribution < 1.29 is 19.1 Å². The van der Waals surface area contributed by atoms with Crippen molar-refractivity contribution in [2.24, 2.45) is 0 Å². The zero-order valence-corrected chi connectivity index (χ0v) is 21.7. The van der Waals surface area contributed by atoms with Crippen LogP contribution in [0.25, 0.3) is 0 Å². The van der Waals surface area contributed by atoms with Crippen LogP contribution in [0.3, 0.4) is 0 Å². The van der Waals surface area contributed by atoms with E-state index in [1.54, 1.807) is 48.4 Å². The lowest BCUT2D eigenvalue weighted by Gasteiger charge is -2.32. The molecule has 3 aromatic rings. The predicted molar refractivity (Wildman–Crippen MR) is 142 cm³/mol. The Morgan fingerprint density at radius 2 is 1.56 bits per heavy atom. The molecule has 0 unspecified atom stereocenters. The van der Waals surface area contributed by atoms with Gasteiger partial charge in [-0.25, -0.2) is 0 Å². The summed E-state index contributed by atoms with van der Waals surface area (Å²) in [5.74, 6) is 0.753. The zero-order chi connectivity index (χ0) is 25.9. The highest BCUT2D eigenvalue weighted by Crippen LogP contribution is 2.19. The maximum atomic E-state index is 13.6. The molecule has 6 nitrogen and oxygen atoms in total. The number of nitrogens with one attached hydrogen (secondary N) is 1. The highest BCUT2D eigenvalue weighted by molar-refractivity contribution is 6.30. The summed E-state index contributed by atoms with van der Waals surface area (Å²) in [6, 6.07) is 23.3. The van der Waals surface area contributed by atoms with Gasteiger partial charge in [-0.05, 0) is 60.9 Å². The minimum Gasteiger partial charge on any atom is -0.497 e. The van der Waals surface area contributed by atoms with Crippen LogP contribution in [-0.4, -0.2) is 42.5 Å². The molecule has 0 aromatic heterocycles. The maximum absolute atomic E-state index is 13.6. The molecule has 2 atom stereocenters. The number of hydrogen-bond donors (Lipinski definition) is 1. The van der Waals surface area contributed by atoms with E-state index in [2.05, 4.69) is 5.32 Å². The first-order valence-corrected chi connectivity index (χ1v) is 12.4. The molecule has 0 heterocycles. The van der Waals surface area contributed by atoms with Crippen LogP contribution in [0.2, 0.25) is 5.02 Å². The fourth-order valence-electron chi connectivity index (χ4n) is 3.68. The Morgan fingerprint density at radius 3 is 2.17 bits per heavy atom. The molecular weight excluding hydrogens is 476 g/mol. The standard InChI is InChI=1S/C29H33ClN2O4/c1-4-21(2)31-29(34)27(18-22-8-6-5-7-9-22)32(19-23-10-12-24(30)13-11-23)28(33)20-36-26-16-14-25(35-3)15-17-26/h5-17,21,27H,4,18-20H2,1-3H3,(H,31,34)/t21-,27+/m0/s1. The van der Waals surface area contributed by atoms with E-state index in [1.807, 2.05) is 56.3 Å². The number of hydrogen-bond acceptors (Lipinski definition) is 4. The summed E-state index contributed by atoms with van der Waals surface area (Å²) in [6.07, 6.45) is 1.17. The van der Waals surface area contributed by atoms with E-state index in [0.29, 0.717) is 22.9 Å². The molecule has 1 N–H and O–H groups in total. The summed E-state index contributed by atoms with van der Waals surface area (Å²) in [7, 11) is 1.59. The van der Waals surface area contributed by atoms with Crippen LogP contribution < -0.4 is 14.8 Å². The summed E-state index contributed by atoms with van der Waals surface area (Å²) < 4.78 is 11.0. The molecule has 2 amide bonds. The Kier molecular flexibility index (Phi) is 10.2. The van der Waals surface area contributed by atoms with Gasteiger partial charge in [0.05, 0.1) is 7.11 Å². The third-order valence-electron chi connectivity index (χ3n) is 5.96. The van der Waals surface area contributed by atoms with Gasteiger partial charge < -0.3 is 19.7 Å². The van der Waals surface area contributed by atoms with Gasteiger partial charge >= 0.3 is 0 Å². The van der Waals surface area contributed by atoms with Gasteiger partial charge in [-0.1, -0.05) is 61.0 Å². The monoisotopic (exact) mass is 508 g/mol. The number of nitrogens with zero attached hydrogens (tertiary/aromatic N) is 1. The Morgan fingerprint density at radius 1 is 0.917 bits per heavy atom. The molecule has 0 spiro atoms. The van der Waals surface area contributed by atoms with Gasteiger partial charge in [-0.3, -0.25) is 9.59 Å². The van der Waals surface area contributed by atoms with Crippen LogP contribution in [0.1, 0.15) is 31.4 Å². The lowest BCUT2D eigenvalue weighted by atomic mass is 10.0. The number of ether oxygens (including phenoxy) is 2. The van der Waals surface area contributed by atoms with Crippen LogP contribution in [0.4, 0.5) is 0 Å². The fourth-order valence-corrected chi connectivity index (χ4v) is 3.81. The van der Waals surface area contributed by atoms with Crippen molar-refractivity contribution in [3.05, 3.63) is 95.0 Å². The van der Waals surface area contributed by atoms with Gasteiger partial charge in [0.1, 0.15) is 17.5 Å². The Hall–Kier alpha value is -3.51. The summed E-state index contributed by atoms with van der Waals surface area (Å²) in [5, 5.41) is 3.66. The molecule has 0 aliphatic heterocycles. The number of rotatable bonds is 12. The van der Waals surface area contributed by atoms with Gasteiger partial charge in [-0.15, -0.1) is 0 Å². The number of carbonyl (C=O) groups is 2. The average Bonchev–Trinajstić information content (AvgIpc) is 2.91. The van der Waals surface area contributed by atoms with Crippen molar-refractivity contribution in [2.75, 3.05) is 13.7 Å². The predicted octanol–water partition coefficient (Wildman–Crippen LogP) is 5.28. The SMILES string of the molecule is CC[C@H](C)NC(=O)[C@@H](Cc1ccccc1)N(Cc1ccc(Cl)cc1)C(=O)COc1ccc(OC)cc1. The first kappa shape index (κ1) is 27.1. The summed E-state index contributed by atoms with van der Waals surface area (Å²) in [4.78, 5) is 28.6. The first-order valence-electron chi connectivity index (χ1n) is 12.0. The van der Waals surface area contributed by atoms with Crippen molar-refractivity contribution in [2.45, 2.75) is 45.3 Å². The third-order valence-corrected chi connectivity index (χ3v) is 6.21. The fraction of sp³-hybridized carbons (Fsp3) is 0.310. The molecule has 0 aliphatic carbocycles. The normalized spacial score (nSPS) is 12.3. The van der Waals surface area contributed by atoms with Crippen LogP contribution in [0, 0.1) is 0 Å². The number of benzene rings is 3. The number of amides is 2. The zero-order valence-electron chi connectivity index (χ0n) is 20.9. The Labute approximate surface area is 218 Å². The van der Waals surface area contributed by atoms with Crippen LogP contribution >= 0.6 is 11.6 Å². The lowest BCUT2D eigenvalue weighted by molar-refractivity contribution is -0.143. The van der Waals surface area contributed by atoms with E-state index in [9.17, 15) is 9.59 Å². The van der Waals surface area contributed by atoms with E-state index in [-0.39, 0.29) is 31.0 Å². The highest BCUT2D eigenvalue weighted by Gasteiger charge is 2.31. The van der Waals surface area contributed by atoms with Crippen LogP contribution in [0.15, 0.2) is 78.9 Å². The second-order valence-corrected chi connectivity index (χ2v) is 9.07. The number of halogens is 1. The Balaban J connectivity index is 1.88. The quantitative estimate of drug-likeness (QED) is 0.361. The molecule has 0 saturated heterocycles. The average molecular weight is 509 g/mol. The molecular formula is C29H33ClN2O4. The van der Waals surface area contributed by atoms with E-state index in [0.717, 1.165) is 17.5 Å². The van der Waals surface area contributed by atoms with E-state index in [4.69, 9.17) is 21.1 Å². The van der Waals surface area contributed by atoms with Crippen molar-refractivity contribution in [3.8, 4) is 11.5 Å². The van der Waals surface area contributed by atoms with Gasteiger partial charge in [0.2, 0.25) is 5.91 Å². The molecule has 0 fully saturated rings. The topological polar surface area (TPSA) is 67.9 Å². The molecule has 0 saturated carbocycles. The molecule has 3 aromatic carbocycles. The minimum atomic E-state index is -0.718. The smallest absolute Gasteiger partial charge is 0.261 e. The van der Waals surface area contributed by atoms with Gasteiger partial charge in [0, 0.05) is 24.0 Å². The molecule has 7 heteroatoms. The summed E-state index contributed by atoms with van der Waals surface area (Å²) >= 11 is 6.07. The van der Waals surface area contributed by atoms with Crippen LogP contribution in [0.5, 0.6) is 11.5 Å².